The first-order valence-corrected chi connectivity index (χ1v) is 13.7. The van der Waals surface area contributed by atoms with Crippen molar-refractivity contribution in [3.8, 4) is 0 Å². The van der Waals surface area contributed by atoms with Crippen LogP contribution in [-0.4, -0.2) is 49.1 Å². The Morgan fingerprint density at radius 1 is 1.14 bits per heavy atom. The molecule has 0 saturated heterocycles. The van der Waals surface area contributed by atoms with Crippen molar-refractivity contribution < 1.29 is 23.5 Å². The largest absolute Gasteiger partial charge is 0.390 e. The summed E-state index contributed by atoms with van der Waals surface area (Å²) in [5.41, 5.74) is 2.97. The first-order valence-electron chi connectivity index (χ1n) is 13.7. The average molecular weight is 511 g/mol. The molecule has 6 aliphatic carbocycles. The molecular weight excluding hydrogens is 478 g/mol. The number of Topliss-reactive ketones (excluding diaryl/α,β-unsaturated/α-hetero) is 1. The third-order valence-corrected chi connectivity index (χ3v) is 9.64. The lowest BCUT2D eigenvalue weighted by Gasteiger charge is -2.58. The van der Waals surface area contributed by atoms with Crippen molar-refractivity contribution in [1.82, 2.24) is 20.1 Å². The molecule has 5 atom stereocenters. The average Bonchev–Trinajstić information content (AvgIpc) is 3.44. The van der Waals surface area contributed by atoms with Crippen molar-refractivity contribution in [2.45, 2.75) is 94.2 Å². The van der Waals surface area contributed by atoms with Gasteiger partial charge in [-0.05, 0) is 62.7 Å². The first kappa shape index (κ1) is 23.4. The van der Waals surface area contributed by atoms with Crippen molar-refractivity contribution in [2.75, 3.05) is 0 Å². The minimum absolute atomic E-state index is 0.154. The van der Waals surface area contributed by atoms with Crippen LogP contribution in [0.4, 0.5) is 8.78 Å². The molecule has 0 radical (unpaired) electrons. The predicted molar refractivity (Wildman–Crippen MR) is 132 cm³/mol. The monoisotopic (exact) mass is 510 g/mol. The molecule has 5 saturated carbocycles. The maximum atomic E-state index is 13.5. The van der Waals surface area contributed by atoms with Gasteiger partial charge in [0.05, 0.1) is 35.0 Å². The van der Waals surface area contributed by atoms with E-state index in [2.05, 4.69) is 27.1 Å². The molecule has 2 aromatic heterocycles. The first-order chi connectivity index (χ1) is 17.7. The lowest BCUT2D eigenvalue weighted by atomic mass is 9.52. The number of nitrogens with one attached hydrogen (secondary N) is 1. The molecule has 6 aliphatic rings. The number of rotatable bonds is 5. The van der Waals surface area contributed by atoms with Gasteiger partial charge < -0.3 is 10.4 Å². The Hall–Kier alpha value is -2.68. The van der Waals surface area contributed by atoms with E-state index in [1.165, 1.54) is 0 Å². The second-order valence-corrected chi connectivity index (χ2v) is 12.3. The van der Waals surface area contributed by atoms with Crippen molar-refractivity contribution in [3.63, 3.8) is 0 Å². The number of hydrogen-bond acceptors (Lipinski definition) is 5. The van der Waals surface area contributed by atoms with Crippen LogP contribution < -0.4 is 5.32 Å². The maximum Gasteiger partial charge on any atom is 0.288 e. The van der Waals surface area contributed by atoms with Gasteiger partial charge in [-0.1, -0.05) is 12.2 Å². The Morgan fingerprint density at radius 3 is 2.57 bits per heavy atom. The Bertz CT molecular complexity index is 1310. The molecule has 4 bridgehead atoms. The minimum Gasteiger partial charge on any atom is -0.390 e. The Kier molecular flexibility index (Phi) is 5.17. The van der Waals surface area contributed by atoms with Crippen LogP contribution in [-0.2, 0) is 22.4 Å². The second-order valence-electron chi connectivity index (χ2n) is 12.3. The third-order valence-electron chi connectivity index (χ3n) is 9.64. The summed E-state index contributed by atoms with van der Waals surface area (Å²) < 4.78 is 29.1. The smallest absolute Gasteiger partial charge is 0.288 e. The quantitative estimate of drug-likeness (QED) is 0.595. The number of hydrogen-bond donors (Lipinski definition) is 2. The summed E-state index contributed by atoms with van der Waals surface area (Å²) in [5, 5.41) is 19.5. The fourth-order valence-electron chi connectivity index (χ4n) is 8.26. The summed E-state index contributed by atoms with van der Waals surface area (Å²) in [4.78, 5) is 30.3. The van der Waals surface area contributed by atoms with Crippen molar-refractivity contribution >= 4 is 28.7 Å². The van der Waals surface area contributed by atoms with E-state index in [0.29, 0.717) is 23.4 Å². The SMILES string of the molecule is O=C(Cc1nn(C2[C@@H]3CC4C[C@H]2CC(O)(C4)C3)c2c3c(ncc12)CC=C3)C(=O)NC1CCC(F)(F)CC1. The Labute approximate surface area is 213 Å². The zero-order valence-corrected chi connectivity index (χ0v) is 20.8. The molecule has 196 valence electrons. The summed E-state index contributed by atoms with van der Waals surface area (Å²) in [6.07, 6.45) is 11.0. The number of amides is 1. The van der Waals surface area contributed by atoms with Gasteiger partial charge in [0.25, 0.3) is 5.91 Å². The number of carbonyl (C=O) groups is 2. The number of nitrogens with zero attached hydrogens (tertiary/aromatic N) is 3. The van der Waals surface area contributed by atoms with Crippen molar-refractivity contribution in [2.24, 2.45) is 17.8 Å². The lowest BCUT2D eigenvalue weighted by molar-refractivity contribution is -0.148. The summed E-state index contributed by atoms with van der Waals surface area (Å²) in [7, 11) is 0. The van der Waals surface area contributed by atoms with Crippen LogP contribution in [0, 0.1) is 17.8 Å². The number of carbonyl (C=O) groups excluding carboxylic acids is 2. The molecule has 7 nitrogen and oxygen atoms in total. The molecule has 9 heteroatoms. The van der Waals surface area contributed by atoms with Gasteiger partial charge in [0.2, 0.25) is 11.7 Å². The summed E-state index contributed by atoms with van der Waals surface area (Å²) in [6.45, 7) is 0. The van der Waals surface area contributed by atoms with Crippen molar-refractivity contribution in [3.05, 3.63) is 29.2 Å². The predicted octanol–water partition coefficient (Wildman–Crippen LogP) is 3.92. The lowest BCUT2D eigenvalue weighted by Crippen LogP contribution is -2.55. The molecule has 2 heterocycles. The normalized spacial score (nSPS) is 33.7. The van der Waals surface area contributed by atoms with Gasteiger partial charge in [-0.2, -0.15) is 5.10 Å². The topological polar surface area (TPSA) is 97.1 Å². The molecule has 0 aliphatic heterocycles. The van der Waals surface area contributed by atoms with Gasteiger partial charge in [-0.25, -0.2) is 8.78 Å². The van der Waals surface area contributed by atoms with Crippen LogP contribution >= 0.6 is 0 Å². The fourth-order valence-corrected chi connectivity index (χ4v) is 8.26. The van der Waals surface area contributed by atoms with E-state index in [1.54, 1.807) is 6.20 Å². The Morgan fingerprint density at radius 2 is 1.86 bits per heavy atom. The molecule has 5 fully saturated rings. The zero-order chi connectivity index (χ0) is 25.5. The summed E-state index contributed by atoms with van der Waals surface area (Å²) in [6, 6.07) is -0.249. The number of alkyl halides is 2. The number of aliphatic hydroxyl groups is 1. The number of aromatic nitrogens is 3. The van der Waals surface area contributed by atoms with Gasteiger partial charge in [0.15, 0.2) is 0 Å². The highest BCUT2D eigenvalue weighted by molar-refractivity contribution is 6.36. The van der Waals surface area contributed by atoms with Gasteiger partial charge in [0.1, 0.15) is 0 Å². The minimum atomic E-state index is -2.69. The highest BCUT2D eigenvalue weighted by Crippen LogP contribution is 2.60. The van der Waals surface area contributed by atoms with Gasteiger partial charge in [-0.15, -0.1) is 0 Å². The second kappa shape index (κ2) is 8.16. The van der Waals surface area contributed by atoms with Crippen LogP contribution in [0.25, 0.3) is 17.0 Å². The van der Waals surface area contributed by atoms with Crippen LogP contribution in [0.5, 0.6) is 0 Å². The summed E-state index contributed by atoms with van der Waals surface area (Å²) >= 11 is 0. The standard InChI is InChI=1S/C28H32F2N4O3/c29-28(30)6-4-18(5-7-28)32-26(36)23(35)10-22-20-14-31-21-3-1-2-19(21)25(20)34(33-22)24-16-8-15-9-17(24)13-27(37,11-15)12-16/h1-2,14-18,24,37H,3-13H2,(H,32,36)/t15?,16-,17+,24?,27?. The van der Waals surface area contributed by atoms with E-state index in [9.17, 15) is 23.5 Å². The number of ketones is 1. The number of fused-ring (bicyclic) bond motifs is 3. The van der Waals surface area contributed by atoms with Crippen LogP contribution in [0.2, 0.25) is 0 Å². The molecule has 1 amide bonds. The zero-order valence-electron chi connectivity index (χ0n) is 20.8. The molecule has 0 spiro atoms. The third kappa shape index (κ3) is 3.92. The van der Waals surface area contributed by atoms with Gasteiger partial charge >= 0.3 is 0 Å². The highest BCUT2D eigenvalue weighted by Gasteiger charge is 2.56. The van der Waals surface area contributed by atoms with E-state index in [1.807, 2.05) is 0 Å². The van der Waals surface area contributed by atoms with Crippen LogP contribution in [0.15, 0.2) is 12.3 Å². The number of pyridine rings is 1. The number of halogens is 2. The highest BCUT2D eigenvalue weighted by atomic mass is 19.3. The number of allylic oxidation sites excluding steroid dienone is 1. The van der Waals surface area contributed by atoms with Crippen LogP contribution in [0.1, 0.15) is 80.8 Å². The molecule has 2 aromatic rings. The van der Waals surface area contributed by atoms with E-state index in [-0.39, 0.29) is 38.1 Å². The molecule has 3 unspecified atom stereocenters. The van der Waals surface area contributed by atoms with Gasteiger partial charge in [-0.3, -0.25) is 19.3 Å². The molecule has 37 heavy (non-hydrogen) atoms. The summed E-state index contributed by atoms with van der Waals surface area (Å²) in [5.74, 6) is -2.79. The van der Waals surface area contributed by atoms with E-state index < -0.39 is 29.3 Å². The molecule has 0 aromatic carbocycles. The molecule has 2 N–H and O–H groups in total. The maximum absolute atomic E-state index is 13.5. The van der Waals surface area contributed by atoms with E-state index in [4.69, 9.17) is 5.10 Å². The van der Waals surface area contributed by atoms with Crippen LogP contribution in [0.3, 0.4) is 0 Å². The van der Waals surface area contributed by atoms with Gasteiger partial charge in [0, 0.05) is 42.5 Å². The molecule has 8 rings (SSSR count). The van der Waals surface area contributed by atoms with Crippen molar-refractivity contribution in [1.29, 1.82) is 0 Å². The molecular formula is C28H32F2N4O3. The fraction of sp³-hybridized carbons (Fsp3) is 0.643. The van der Waals surface area contributed by atoms with E-state index in [0.717, 1.165) is 60.7 Å². The Balaban J connectivity index is 1.19. The van der Waals surface area contributed by atoms with E-state index >= 15 is 0 Å².